The molecule has 1 aliphatic rings. The van der Waals surface area contributed by atoms with E-state index < -0.39 is 17.8 Å². The average molecular weight is 693 g/mol. The van der Waals surface area contributed by atoms with Gasteiger partial charge >= 0.3 is 6.03 Å². The van der Waals surface area contributed by atoms with Gasteiger partial charge in [-0.3, -0.25) is 14.9 Å². The van der Waals surface area contributed by atoms with Crippen LogP contribution < -0.4 is 19.7 Å². The van der Waals surface area contributed by atoms with Gasteiger partial charge in [0, 0.05) is 14.5 Å². The number of anilines is 1. The molecule has 1 fully saturated rings. The third-order valence-corrected chi connectivity index (χ3v) is 7.33. The second kappa shape index (κ2) is 11.6. The van der Waals surface area contributed by atoms with E-state index in [0.29, 0.717) is 46.0 Å². The van der Waals surface area contributed by atoms with E-state index in [2.05, 4.69) is 53.1 Å². The first-order valence-electron chi connectivity index (χ1n) is 11.2. The first-order chi connectivity index (χ1) is 17.7. The molecule has 0 atom stereocenters. The lowest BCUT2D eigenvalue weighted by Gasteiger charge is -2.27. The zero-order chi connectivity index (χ0) is 26.7. The molecule has 1 aliphatic heterocycles. The van der Waals surface area contributed by atoms with Crippen molar-refractivity contribution in [1.29, 1.82) is 0 Å². The second-order valence-electron chi connectivity index (χ2n) is 8.03. The summed E-state index contributed by atoms with van der Waals surface area (Å²) in [4.78, 5) is 39.5. The Kier molecular flexibility index (Phi) is 8.51. The summed E-state index contributed by atoms with van der Waals surface area (Å²) < 4.78 is 14.2. The minimum Gasteiger partial charge on any atom is -0.490 e. The van der Waals surface area contributed by atoms with Crippen LogP contribution in [-0.4, -0.2) is 24.5 Å². The summed E-state index contributed by atoms with van der Waals surface area (Å²) in [6, 6.07) is 15.5. The molecule has 3 aromatic rings. The Hall–Kier alpha value is -2.95. The molecule has 0 aliphatic carbocycles. The number of ether oxygens (including phenoxy) is 2. The van der Waals surface area contributed by atoms with Crippen molar-refractivity contribution in [3.63, 3.8) is 0 Å². The molecule has 1 N–H and O–H groups in total. The monoisotopic (exact) mass is 690 g/mol. The third kappa shape index (κ3) is 5.97. The molecule has 0 bridgehead atoms. The fourth-order valence-electron chi connectivity index (χ4n) is 3.75. The van der Waals surface area contributed by atoms with Crippen LogP contribution in [-0.2, 0) is 16.2 Å². The summed E-state index contributed by atoms with van der Waals surface area (Å²) in [6.45, 7) is 4.30. The van der Waals surface area contributed by atoms with Gasteiger partial charge in [-0.15, -0.1) is 0 Å². The Morgan fingerprint density at radius 3 is 2.41 bits per heavy atom. The predicted molar refractivity (Wildman–Crippen MR) is 152 cm³/mol. The maximum atomic E-state index is 13.3. The number of imide groups is 2. The minimum atomic E-state index is -0.801. The van der Waals surface area contributed by atoms with Gasteiger partial charge in [-0.2, -0.15) is 0 Å². The zero-order valence-corrected chi connectivity index (χ0v) is 24.6. The molecule has 10 heteroatoms. The van der Waals surface area contributed by atoms with Crippen molar-refractivity contribution >= 4 is 77.4 Å². The van der Waals surface area contributed by atoms with E-state index in [1.54, 1.807) is 37.3 Å². The van der Waals surface area contributed by atoms with Gasteiger partial charge in [0.2, 0.25) is 0 Å². The van der Waals surface area contributed by atoms with Gasteiger partial charge in [-0.1, -0.05) is 50.1 Å². The van der Waals surface area contributed by atoms with Crippen molar-refractivity contribution in [3.8, 4) is 11.5 Å². The highest BCUT2D eigenvalue weighted by molar-refractivity contribution is 9.11. The molecule has 1 heterocycles. The molecule has 0 spiro atoms. The molecule has 0 saturated carbocycles. The fourth-order valence-corrected chi connectivity index (χ4v) is 5.20. The Balaban J connectivity index is 1.68. The van der Waals surface area contributed by atoms with Crippen LogP contribution in [0.1, 0.15) is 23.6 Å². The topological polar surface area (TPSA) is 84.9 Å². The van der Waals surface area contributed by atoms with Crippen LogP contribution in [0.4, 0.5) is 10.5 Å². The SMILES string of the molecule is CCOc1cc(/C=C2/C(=O)NC(=O)N(c3ccc(Br)cc3C)C2=O)cc(Br)c1OCc1ccccc1Br. The van der Waals surface area contributed by atoms with Gasteiger partial charge < -0.3 is 9.47 Å². The maximum Gasteiger partial charge on any atom is 0.335 e. The van der Waals surface area contributed by atoms with Crippen LogP contribution in [0.25, 0.3) is 6.08 Å². The summed E-state index contributed by atoms with van der Waals surface area (Å²) in [5.74, 6) is -0.565. The number of carbonyl (C=O) groups is 3. The molecule has 0 unspecified atom stereocenters. The largest absolute Gasteiger partial charge is 0.490 e. The van der Waals surface area contributed by atoms with Gasteiger partial charge in [-0.25, -0.2) is 9.69 Å². The predicted octanol–water partition coefficient (Wildman–Crippen LogP) is 6.93. The van der Waals surface area contributed by atoms with Gasteiger partial charge in [0.05, 0.1) is 16.8 Å². The summed E-state index contributed by atoms with van der Waals surface area (Å²) in [7, 11) is 0. The van der Waals surface area contributed by atoms with Crippen molar-refractivity contribution in [3.05, 3.63) is 90.3 Å². The number of carbonyl (C=O) groups excluding carboxylic acids is 3. The smallest absolute Gasteiger partial charge is 0.335 e. The number of hydrogen-bond acceptors (Lipinski definition) is 5. The molecule has 4 amide bonds. The number of halogens is 3. The number of rotatable bonds is 7. The number of nitrogens with zero attached hydrogens (tertiary/aromatic N) is 1. The Labute approximate surface area is 239 Å². The van der Waals surface area contributed by atoms with Crippen molar-refractivity contribution in [2.45, 2.75) is 20.5 Å². The molecule has 4 rings (SSSR count). The number of aryl methyl sites for hydroxylation is 1. The van der Waals surface area contributed by atoms with Crippen LogP contribution in [0.15, 0.2) is 73.6 Å². The van der Waals surface area contributed by atoms with Crippen molar-refractivity contribution in [1.82, 2.24) is 5.32 Å². The molecular formula is C27H21Br3N2O5. The number of nitrogens with one attached hydrogen (secondary N) is 1. The fraction of sp³-hybridized carbons (Fsp3) is 0.148. The average Bonchev–Trinajstić information content (AvgIpc) is 2.83. The van der Waals surface area contributed by atoms with Crippen LogP contribution in [0, 0.1) is 6.92 Å². The summed E-state index contributed by atoms with van der Waals surface area (Å²) in [5, 5.41) is 2.26. The molecule has 3 aromatic carbocycles. The molecule has 37 heavy (non-hydrogen) atoms. The summed E-state index contributed by atoms with van der Waals surface area (Å²) in [6.07, 6.45) is 1.43. The second-order valence-corrected chi connectivity index (χ2v) is 10.7. The van der Waals surface area contributed by atoms with Crippen LogP contribution in [0.2, 0.25) is 0 Å². The maximum absolute atomic E-state index is 13.3. The number of barbiturate groups is 1. The molecule has 190 valence electrons. The molecule has 1 saturated heterocycles. The summed E-state index contributed by atoms with van der Waals surface area (Å²) in [5.41, 5.74) is 2.37. The minimum absolute atomic E-state index is 0.182. The standard InChI is InChI=1S/C27H21Br3N2O5/c1-3-36-23-13-16(12-21(30)24(23)37-14-17-6-4-5-7-20(17)29)11-19-25(33)31-27(35)32(26(19)34)22-9-8-18(28)10-15(22)2/h4-13H,3,14H2,1-2H3,(H,31,33,35)/b19-11-. The highest BCUT2D eigenvalue weighted by atomic mass is 79.9. The lowest BCUT2D eigenvalue weighted by atomic mass is 10.1. The first-order valence-corrected chi connectivity index (χ1v) is 13.6. The van der Waals surface area contributed by atoms with Gasteiger partial charge in [0.25, 0.3) is 11.8 Å². The third-order valence-electron chi connectivity index (χ3n) is 5.47. The van der Waals surface area contributed by atoms with E-state index in [1.807, 2.05) is 31.2 Å². The van der Waals surface area contributed by atoms with Gasteiger partial charge in [0.1, 0.15) is 12.2 Å². The number of benzene rings is 3. The van der Waals surface area contributed by atoms with E-state index in [1.165, 1.54) is 6.08 Å². The van der Waals surface area contributed by atoms with E-state index in [0.717, 1.165) is 19.4 Å². The van der Waals surface area contributed by atoms with E-state index in [-0.39, 0.29) is 5.57 Å². The molecule has 0 radical (unpaired) electrons. The molecule has 7 nitrogen and oxygen atoms in total. The Bertz CT molecular complexity index is 1440. The molecule has 0 aromatic heterocycles. The highest BCUT2D eigenvalue weighted by Gasteiger charge is 2.37. The normalized spacial score (nSPS) is 14.7. The number of hydrogen-bond donors (Lipinski definition) is 1. The number of amides is 4. The Morgan fingerprint density at radius 2 is 1.70 bits per heavy atom. The Morgan fingerprint density at radius 1 is 0.946 bits per heavy atom. The van der Waals surface area contributed by atoms with Gasteiger partial charge in [-0.05, 0) is 83.4 Å². The van der Waals surface area contributed by atoms with E-state index in [4.69, 9.17) is 9.47 Å². The van der Waals surface area contributed by atoms with E-state index >= 15 is 0 Å². The van der Waals surface area contributed by atoms with Crippen LogP contribution in [0.3, 0.4) is 0 Å². The van der Waals surface area contributed by atoms with Crippen molar-refractivity contribution in [2.75, 3.05) is 11.5 Å². The lowest BCUT2D eigenvalue weighted by molar-refractivity contribution is -0.122. The number of urea groups is 1. The first kappa shape index (κ1) is 27.1. The van der Waals surface area contributed by atoms with Crippen LogP contribution >= 0.6 is 47.8 Å². The van der Waals surface area contributed by atoms with Gasteiger partial charge in [0.15, 0.2) is 11.5 Å². The van der Waals surface area contributed by atoms with Crippen molar-refractivity contribution in [2.24, 2.45) is 0 Å². The lowest BCUT2D eigenvalue weighted by Crippen LogP contribution is -2.54. The molecular weight excluding hydrogens is 672 g/mol. The van der Waals surface area contributed by atoms with E-state index in [9.17, 15) is 14.4 Å². The van der Waals surface area contributed by atoms with Crippen LogP contribution in [0.5, 0.6) is 11.5 Å². The quantitative estimate of drug-likeness (QED) is 0.215. The summed E-state index contributed by atoms with van der Waals surface area (Å²) >= 11 is 10.4. The highest BCUT2D eigenvalue weighted by Crippen LogP contribution is 2.39. The zero-order valence-electron chi connectivity index (χ0n) is 19.8. The van der Waals surface area contributed by atoms with Crippen molar-refractivity contribution < 1.29 is 23.9 Å².